The molecule has 0 saturated carbocycles. The van der Waals surface area contributed by atoms with E-state index in [1.54, 1.807) is 12.1 Å². The average Bonchev–Trinajstić information content (AvgIpc) is 1.69. The van der Waals surface area contributed by atoms with Crippen molar-refractivity contribution in [2.45, 2.75) is 0 Å². The van der Waals surface area contributed by atoms with Crippen LogP contribution in [0.2, 0.25) is 0 Å². The predicted octanol–water partition coefficient (Wildman–Crippen LogP) is 1.36. The lowest BCUT2D eigenvalue weighted by molar-refractivity contribution is 0.600. The van der Waals surface area contributed by atoms with Gasteiger partial charge in [-0.15, -0.1) is 0 Å². The molecule has 0 atom stereocenters. The van der Waals surface area contributed by atoms with Crippen molar-refractivity contribution in [1.82, 2.24) is 0 Å². The molecule has 0 aliphatic heterocycles. The van der Waals surface area contributed by atoms with Crippen LogP contribution in [0.15, 0.2) is 12.2 Å². The highest BCUT2D eigenvalue weighted by atomic mass is 31.1. The van der Waals surface area contributed by atoms with Crippen LogP contribution in [0, 0.1) is 11.3 Å². The lowest BCUT2D eigenvalue weighted by atomic mass is 10.6. The number of rotatable bonds is 2. The number of nitriles is 1. The highest BCUT2D eigenvalue weighted by Gasteiger charge is 1.67. The fourth-order valence-electron chi connectivity index (χ4n) is 0.148. The Morgan fingerprint density at radius 3 is 3.00 bits per heavy atom. The van der Waals surface area contributed by atoms with Crippen LogP contribution in [0.5, 0.6) is 0 Å². The third-order valence-corrected chi connectivity index (χ3v) is 0.732. The van der Waals surface area contributed by atoms with Gasteiger partial charge in [0, 0.05) is 12.2 Å². The molecule has 0 rings (SSSR count). The third-order valence-electron chi connectivity index (χ3n) is 0.372. The maximum Gasteiger partial charge on any atom is 0.159 e. The Morgan fingerprint density at radius 1 is 1.86 bits per heavy atom. The van der Waals surface area contributed by atoms with Gasteiger partial charge in [0.2, 0.25) is 0 Å². The molecule has 2 nitrogen and oxygen atoms in total. The van der Waals surface area contributed by atoms with Crippen molar-refractivity contribution >= 4 is 8.46 Å². The molecule has 0 unspecified atom stereocenters. The maximum atomic E-state index is 9.62. The number of hydrogen-bond acceptors (Lipinski definition) is 2. The van der Waals surface area contributed by atoms with Gasteiger partial charge in [0.25, 0.3) is 0 Å². The second kappa shape index (κ2) is 5.33. The summed E-state index contributed by atoms with van der Waals surface area (Å²) in [5, 5.41) is 7.85. The monoisotopic (exact) mass is 113 g/mol. The van der Waals surface area contributed by atoms with Crippen molar-refractivity contribution in [2.24, 2.45) is 0 Å². The van der Waals surface area contributed by atoms with Gasteiger partial charge in [-0.2, -0.15) is 5.26 Å². The highest BCUT2D eigenvalue weighted by molar-refractivity contribution is 7.23. The Kier molecular flexibility index (Phi) is 4.82. The van der Waals surface area contributed by atoms with E-state index in [1.165, 1.54) is 6.08 Å². The molecule has 0 bridgehead atoms. The van der Waals surface area contributed by atoms with Gasteiger partial charge in [-0.25, -0.2) is 0 Å². The largest absolute Gasteiger partial charge is 0.275 e. The molecule has 0 aromatic carbocycles. The lowest BCUT2D eigenvalue weighted by Gasteiger charge is -1.62. The van der Waals surface area contributed by atoms with Crippen LogP contribution in [-0.2, 0) is 4.57 Å². The normalized spacial score (nSPS) is 9.57. The van der Waals surface area contributed by atoms with Gasteiger partial charge >= 0.3 is 0 Å². The van der Waals surface area contributed by atoms with Gasteiger partial charge < -0.3 is 0 Å². The summed E-state index contributed by atoms with van der Waals surface area (Å²) in [5.74, 6) is 0. The summed E-state index contributed by atoms with van der Waals surface area (Å²) in [6.07, 6.45) is 3.30. The van der Waals surface area contributed by atoms with Crippen molar-refractivity contribution < 1.29 is 4.57 Å². The Morgan fingerprint density at radius 2 is 2.57 bits per heavy atom. The van der Waals surface area contributed by atoms with Crippen molar-refractivity contribution in [3.05, 3.63) is 12.2 Å². The van der Waals surface area contributed by atoms with Crippen molar-refractivity contribution in [1.29, 1.82) is 5.26 Å². The Hall–Kier alpha value is -0.670. The van der Waals surface area contributed by atoms with Crippen molar-refractivity contribution in [3.63, 3.8) is 0 Å². The molecule has 0 heterocycles. The quantitative estimate of drug-likeness (QED) is 0.400. The first-order valence-corrected chi connectivity index (χ1v) is 2.75. The second-order valence-corrected chi connectivity index (χ2v) is 1.47. The molecule has 0 amide bonds. The number of nitrogens with zero attached hydrogens (tertiary/aromatic N) is 1. The van der Waals surface area contributed by atoms with Crippen LogP contribution < -0.4 is 0 Å². The summed E-state index contributed by atoms with van der Waals surface area (Å²) in [5.41, 5.74) is 0. The van der Waals surface area contributed by atoms with Crippen LogP contribution in [-0.4, -0.2) is 6.16 Å². The molecule has 36 valence electrons. The second-order valence-electron chi connectivity index (χ2n) is 0.843. The van der Waals surface area contributed by atoms with E-state index in [9.17, 15) is 4.57 Å². The molecule has 0 aromatic heterocycles. The maximum absolute atomic E-state index is 9.62. The number of allylic oxidation sites excluding steroid dienone is 2. The molecule has 0 spiro atoms. The summed E-state index contributed by atoms with van der Waals surface area (Å²) in [6, 6.07) is 1.78. The highest BCUT2D eigenvalue weighted by Crippen LogP contribution is 1.88. The van der Waals surface area contributed by atoms with E-state index in [0.717, 1.165) is 0 Å². The Labute approximate surface area is 43.7 Å². The molecule has 0 aromatic rings. The summed E-state index contributed by atoms with van der Waals surface area (Å²) in [6.45, 7) is 0. The van der Waals surface area contributed by atoms with Crippen molar-refractivity contribution in [3.8, 4) is 6.07 Å². The van der Waals surface area contributed by atoms with E-state index in [4.69, 9.17) is 5.26 Å². The predicted molar refractivity (Wildman–Crippen MR) is 27.2 cm³/mol. The smallest absolute Gasteiger partial charge is 0.159 e. The molecule has 0 N–H and O–H groups in total. The van der Waals surface area contributed by atoms with Crippen LogP contribution in [0.3, 0.4) is 0 Å². The van der Waals surface area contributed by atoms with Gasteiger partial charge in [0.05, 0.1) is 6.07 Å². The molecule has 7 heavy (non-hydrogen) atoms. The van der Waals surface area contributed by atoms with E-state index < -0.39 is 0 Å². The zero-order valence-corrected chi connectivity index (χ0v) is 4.56. The standard InChI is InChI=1S/C4H4NOP/c5-3-1-2-4-7-6/h1-2H,4H2. The fraction of sp³-hybridized carbons (Fsp3) is 0.250. The van der Waals surface area contributed by atoms with Gasteiger partial charge in [-0.05, 0) is 0 Å². The number of hydrogen-bond donors (Lipinski definition) is 0. The lowest BCUT2D eigenvalue weighted by Crippen LogP contribution is -1.54. The van der Waals surface area contributed by atoms with Gasteiger partial charge in [0.1, 0.15) is 0 Å². The Bertz CT molecular complexity index is 113. The van der Waals surface area contributed by atoms with Gasteiger partial charge in [-0.3, -0.25) is 4.57 Å². The van der Waals surface area contributed by atoms with E-state index in [0.29, 0.717) is 6.16 Å². The topological polar surface area (TPSA) is 40.9 Å². The fourth-order valence-corrected chi connectivity index (χ4v) is 0.340. The molecule has 0 aliphatic rings. The Balaban J connectivity index is 3.14. The molecule has 0 fully saturated rings. The minimum Gasteiger partial charge on any atom is -0.275 e. The summed E-state index contributed by atoms with van der Waals surface area (Å²) >= 11 is 0. The first kappa shape index (κ1) is 6.33. The molecule has 3 heteroatoms. The van der Waals surface area contributed by atoms with E-state index in [2.05, 4.69) is 0 Å². The van der Waals surface area contributed by atoms with Crippen molar-refractivity contribution in [2.75, 3.05) is 6.16 Å². The van der Waals surface area contributed by atoms with Crippen LogP contribution in [0.1, 0.15) is 0 Å². The minimum atomic E-state index is 0.0667. The zero-order chi connectivity index (χ0) is 5.54. The molecule has 0 aliphatic carbocycles. The molecular formula is C4H4NOP. The van der Waals surface area contributed by atoms with Crippen LogP contribution in [0.25, 0.3) is 0 Å². The average molecular weight is 113 g/mol. The molecular weight excluding hydrogens is 109 g/mol. The molecule has 0 radical (unpaired) electrons. The minimum absolute atomic E-state index is 0.0667. The molecule has 0 saturated heterocycles. The summed E-state index contributed by atoms with van der Waals surface area (Å²) < 4.78 is 9.62. The van der Waals surface area contributed by atoms with E-state index in [1.807, 2.05) is 0 Å². The van der Waals surface area contributed by atoms with Gasteiger partial charge in [-0.1, -0.05) is 6.08 Å². The first-order chi connectivity index (χ1) is 3.41. The van der Waals surface area contributed by atoms with Gasteiger partial charge in [0.15, 0.2) is 8.46 Å². The summed E-state index contributed by atoms with van der Waals surface area (Å²) in [4.78, 5) is 0. The van der Waals surface area contributed by atoms with Crippen LogP contribution in [0.4, 0.5) is 0 Å². The zero-order valence-electron chi connectivity index (χ0n) is 3.66. The SMILES string of the molecule is N#CC=CCP=O. The van der Waals surface area contributed by atoms with Crippen LogP contribution >= 0.6 is 8.46 Å². The van der Waals surface area contributed by atoms with E-state index >= 15 is 0 Å². The summed E-state index contributed by atoms with van der Waals surface area (Å²) in [7, 11) is 0.0667. The third kappa shape index (κ3) is 5.33. The first-order valence-electron chi connectivity index (χ1n) is 1.75. The van der Waals surface area contributed by atoms with E-state index in [-0.39, 0.29) is 8.46 Å².